The number of methoxy groups -OCH3 is 1. The molecule has 1 aromatic heterocycles. The van der Waals surface area contributed by atoms with E-state index in [2.05, 4.69) is 16.0 Å². The second-order valence-electron chi connectivity index (χ2n) is 4.82. The number of rotatable bonds is 3. The molecule has 1 saturated heterocycles. The summed E-state index contributed by atoms with van der Waals surface area (Å²) in [5, 5.41) is 1.12. The van der Waals surface area contributed by atoms with E-state index < -0.39 is 0 Å². The topological polar surface area (TPSA) is 42.4 Å². The number of thiazole rings is 1. The molecule has 1 unspecified atom stereocenters. The molecule has 1 aliphatic heterocycles. The molecule has 2 heterocycles. The lowest BCUT2D eigenvalue weighted by molar-refractivity contribution is -0.144. The Balaban J connectivity index is 1.67. The Bertz CT molecular complexity index is 563. The predicted octanol–water partition coefficient (Wildman–Crippen LogP) is 2.29. The number of carbonyl (C=O) groups is 1. The number of esters is 1. The van der Waals surface area contributed by atoms with Crippen LogP contribution in [-0.2, 0) is 16.1 Å². The van der Waals surface area contributed by atoms with Gasteiger partial charge in [-0.2, -0.15) is 0 Å². The van der Waals surface area contributed by atoms with E-state index in [1.165, 1.54) is 11.8 Å². The van der Waals surface area contributed by atoms with Crippen LogP contribution in [0.15, 0.2) is 24.3 Å². The van der Waals surface area contributed by atoms with Crippen molar-refractivity contribution in [2.24, 2.45) is 5.92 Å². The molecule has 100 valence electrons. The smallest absolute Gasteiger partial charge is 0.310 e. The van der Waals surface area contributed by atoms with E-state index in [1.54, 1.807) is 11.3 Å². The summed E-state index contributed by atoms with van der Waals surface area (Å²) in [5.74, 6) is -0.0637. The summed E-state index contributed by atoms with van der Waals surface area (Å²) in [7, 11) is 1.46. The molecule has 3 rings (SSSR count). The number of hydrogen-bond donors (Lipinski definition) is 0. The molecule has 2 aromatic rings. The van der Waals surface area contributed by atoms with Gasteiger partial charge in [0.1, 0.15) is 5.01 Å². The number of ether oxygens (including phenoxy) is 1. The van der Waals surface area contributed by atoms with Crippen LogP contribution in [0.3, 0.4) is 0 Å². The number of nitrogens with zero attached hydrogens (tertiary/aromatic N) is 2. The summed E-state index contributed by atoms with van der Waals surface area (Å²) >= 11 is 1.73. The highest BCUT2D eigenvalue weighted by Crippen LogP contribution is 2.25. The van der Waals surface area contributed by atoms with Gasteiger partial charge in [-0.1, -0.05) is 12.1 Å². The molecular formula is C14H16N2O2S. The van der Waals surface area contributed by atoms with Crippen molar-refractivity contribution in [3.63, 3.8) is 0 Å². The van der Waals surface area contributed by atoms with E-state index in [9.17, 15) is 4.79 Å². The number of benzene rings is 1. The standard InChI is InChI=1S/C14H16N2O2S/c1-18-14(17)10-6-7-16(8-10)9-13-15-11-4-2-3-5-12(11)19-13/h2-5,10H,6-9H2,1H3. The van der Waals surface area contributed by atoms with E-state index in [0.29, 0.717) is 0 Å². The number of aromatic nitrogens is 1. The lowest BCUT2D eigenvalue weighted by Gasteiger charge is -2.13. The minimum atomic E-state index is -0.0909. The summed E-state index contributed by atoms with van der Waals surface area (Å²) in [6.45, 7) is 2.55. The molecule has 0 saturated carbocycles. The summed E-state index contributed by atoms with van der Waals surface area (Å²) in [6, 6.07) is 8.18. The first-order chi connectivity index (χ1) is 9.26. The molecule has 1 aliphatic rings. The summed E-state index contributed by atoms with van der Waals surface area (Å²) < 4.78 is 6.03. The molecule has 19 heavy (non-hydrogen) atoms. The lowest BCUT2D eigenvalue weighted by atomic mass is 10.1. The third kappa shape index (κ3) is 2.62. The normalized spacial score (nSPS) is 19.9. The number of carbonyl (C=O) groups excluding carboxylic acids is 1. The number of likely N-dealkylation sites (tertiary alicyclic amines) is 1. The third-order valence-corrected chi connectivity index (χ3v) is 4.53. The van der Waals surface area contributed by atoms with Gasteiger partial charge in [0.15, 0.2) is 0 Å². The van der Waals surface area contributed by atoms with Crippen LogP contribution in [0.5, 0.6) is 0 Å². The van der Waals surface area contributed by atoms with Gasteiger partial charge in [-0.05, 0) is 25.1 Å². The van der Waals surface area contributed by atoms with E-state index in [1.807, 2.05) is 18.2 Å². The van der Waals surface area contributed by atoms with Crippen molar-refractivity contribution in [2.45, 2.75) is 13.0 Å². The Kier molecular flexibility index (Phi) is 3.48. The predicted molar refractivity (Wildman–Crippen MR) is 75.0 cm³/mol. The average Bonchev–Trinajstić information content (AvgIpc) is 3.04. The maximum Gasteiger partial charge on any atom is 0.310 e. The maximum absolute atomic E-state index is 11.5. The highest BCUT2D eigenvalue weighted by atomic mass is 32.1. The summed E-state index contributed by atoms with van der Waals surface area (Å²) in [4.78, 5) is 18.4. The fraction of sp³-hybridized carbons (Fsp3) is 0.429. The van der Waals surface area contributed by atoms with Crippen LogP contribution < -0.4 is 0 Å². The molecular weight excluding hydrogens is 260 g/mol. The van der Waals surface area contributed by atoms with Crippen LogP contribution in [-0.4, -0.2) is 36.1 Å². The fourth-order valence-electron chi connectivity index (χ4n) is 2.51. The van der Waals surface area contributed by atoms with Gasteiger partial charge in [0.25, 0.3) is 0 Å². The van der Waals surface area contributed by atoms with E-state index in [-0.39, 0.29) is 11.9 Å². The van der Waals surface area contributed by atoms with Gasteiger partial charge in [0.05, 0.1) is 29.8 Å². The highest BCUT2D eigenvalue weighted by Gasteiger charge is 2.29. The van der Waals surface area contributed by atoms with Crippen molar-refractivity contribution in [3.05, 3.63) is 29.3 Å². The van der Waals surface area contributed by atoms with Crippen molar-refractivity contribution in [1.82, 2.24) is 9.88 Å². The molecule has 0 bridgehead atoms. The summed E-state index contributed by atoms with van der Waals surface area (Å²) in [6.07, 6.45) is 0.886. The first-order valence-corrected chi connectivity index (χ1v) is 7.22. The Morgan fingerprint density at radius 1 is 1.53 bits per heavy atom. The van der Waals surface area contributed by atoms with Gasteiger partial charge in [-0.15, -0.1) is 11.3 Å². The maximum atomic E-state index is 11.5. The van der Waals surface area contributed by atoms with Gasteiger partial charge in [0.2, 0.25) is 0 Å². The SMILES string of the molecule is COC(=O)C1CCN(Cc2nc3ccccc3s2)C1. The Morgan fingerprint density at radius 3 is 3.16 bits per heavy atom. The Morgan fingerprint density at radius 2 is 2.37 bits per heavy atom. The van der Waals surface area contributed by atoms with Crippen LogP contribution in [0.4, 0.5) is 0 Å². The molecule has 4 nitrogen and oxygen atoms in total. The molecule has 5 heteroatoms. The zero-order valence-electron chi connectivity index (χ0n) is 10.8. The van der Waals surface area contributed by atoms with Gasteiger partial charge in [-0.3, -0.25) is 9.69 Å². The number of hydrogen-bond acceptors (Lipinski definition) is 5. The lowest BCUT2D eigenvalue weighted by Crippen LogP contribution is -2.23. The van der Waals surface area contributed by atoms with Gasteiger partial charge in [0, 0.05) is 6.54 Å². The molecule has 0 radical (unpaired) electrons. The van der Waals surface area contributed by atoms with Crippen LogP contribution in [0, 0.1) is 5.92 Å². The molecule has 1 fully saturated rings. The molecule has 0 amide bonds. The van der Waals surface area contributed by atoms with Crippen LogP contribution in [0.1, 0.15) is 11.4 Å². The fourth-order valence-corrected chi connectivity index (χ4v) is 3.52. The van der Waals surface area contributed by atoms with Crippen molar-refractivity contribution >= 4 is 27.5 Å². The number of fused-ring (bicyclic) bond motifs is 1. The largest absolute Gasteiger partial charge is 0.469 e. The Hall–Kier alpha value is -1.46. The first-order valence-electron chi connectivity index (χ1n) is 6.41. The van der Waals surface area contributed by atoms with Crippen LogP contribution in [0.2, 0.25) is 0 Å². The van der Waals surface area contributed by atoms with Crippen LogP contribution >= 0.6 is 11.3 Å². The molecule has 1 aromatic carbocycles. The molecule has 1 atom stereocenters. The van der Waals surface area contributed by atoms with Crippen molar-refractivity contribution < 1.29 is 9.53 Å². The van der Waals surface area contributed by atoms with E-state index in [0.717, 1.165) is 36.6 Å². The van der Waals surface area contributed by atoms with Crippen LogP contribution in [0.25, 0.3) is 10.2 Å². The average molecular weight is 276 g/mol. The van der Waals surface area contributed by atoms with E-state index >= 15 is 0 Å². The van der Waals surface area contributed by atoms with Crippen molar-refractivity contribution in [2.75, 3.05) is 20.2 Å². The molecule has 0 aliphatic carbocycles. The highest BCUT2D eigenvalue weighted by molar-refractivity contribution is 7.18. The zero-order chi connectivity index (χ0) is 13.2. The minimum Gasteiger partial charge on any atom is -0.469 e. The second-order valence-corrected chi connectivity index (χ2v) is 5.93. The quantitative estimate of drug-likeness (QED) is 0.807. The van der Waals surface area contributed by atoms with Gasteiger partial charge >= 0.3 is 5.97 Å². The number of para-hydroxylation sites is 1. The monoisotopic (exact) mass is 276 g/mol. The van der Waals surface area contributed by atoms with Gasteiger partial charge in [-0.25, -0.2) is 4.98 Å². The van der Waals surface area contributed by atoms with Crippen molar-refractivity contribution in [1.29, 1.82) is 0 Å². The zero-order valence-corrected chi connectivity index (χ0v) is 11.7. The first kappa shape index (κ1) is 12.6. The van der Waals surface area contributed by atoms with E-state index in [4.69, 9.17) is 4.74 Å². The van der Waals surface area contributed by atoms with Gasteiger partial charge < -0.3 is 4.74 Å². The molecule has 0 spiro atoms. The second kappa shape index (κ2) is 5.27. The Labute approximate surface area is 116 Å². The minimum absolute atomic E-state index is 0.0272. The molecule has 0 N–H and O–H groups in total. The summed E-state index contributed by atoms with van der Waals surface area (Å²) in [5.41, 5.74) is 1.06. The van der Waals surface area contributed by atoms with Crippen molar-refractivity contribution in [3.8, 4) is 0 Å². The third-order valence-electron chi connectivity index (χ3n) is 3.50.